The molecule has 1 heterocycles. The first-order valence-corrected chi connectivity index (χ1v) is 23.3. The van der Waals surface area contributed by atoms with Crippen LogP contribution in [0.1, 0.15) is 213 Å². The summed E-state index contributed by atoms with van der Waals surface area (Å²) in [6.07, 6.45) is 44.4. The van der Waals surface area contributed by atoms with Crippen molar-refractivity contribution in [1.29, 1.82) is 0 Å². The highest BCUT2D eigenvalue weighted by Gasteiger charge is 2.19. The van der Waals surface area contributed by atoms with Crippen molar-refractivity contribution < 1.29 is 28.6 Å². The number of nitrogens with zero attached hydrogens (tertiary/aromatic N) is 1. The van der Waals surface area contributed by atoms with E-state index in [1.165, 1.54) is 135 Å². The molecule has 320 valence electrons. The van der Waals surface area contributed by atoms with Gasteiger partial charge in [-0.05, 0) is 90.1 Å². The Bertz CT molecular complexity index is 892. The fourth-order valence-electron chi connectivity index (χ4n) is 7.00. The Morgan fingerprint density at radius 1 is 0.509 bits per heavy atom. The molecule has 0 unspecified atom stereocenters. The molecule has 8 nitrogen and oxygen atoms in total. The van der Waals surface area contributed by atoms with Gasteiger partial charge in [0.2, 0.25) is 0 Å². The number of hydrogen-bond acceptors (Lipinski definition) is 7. The van der Waals surface area contributed by atoms with E-state index in [0.717, 1.165) is 64.5 Å². The zero-order chi connectivity index (χ0) is 39.7. The van der Waals surface area contributed by atoms with Gasteiger partial charge in [-0.3, -0.25) is 14.5 Å². The molecule has 0 radical (unpaired) electrons. The van der Waals surface area contributed by atoms with E-state index in [-0.39, 0.29) is 25.2 Å². The van der Waals surface area contributed by atoms with Gasteiger partial charge in [0.1, 0.15) is 25.9 Å². The lowest BCUT2D eigenvalue weighted by Gasteiger charge is -2.26. The molecule has 0 atom stereocenters. The second kappa shape index (κ2) is 39.9. The van der Waals surface area contributed by atoms with E-state index in [9.17, 15) is 14.4 Å². The van der Waals surface area contributed by atoms with E-state index >= 15 is 0 Å². The van der Waals surface area contributed by atoms with E-state index in [2.05, 4.69) is 48.4 Å². The molecule has 55 heavy (non-hydrogen) atoms. The molecule has 8 heteroatoms. The SMILES string of the molecule is CCCCCCCCC=CCCCCCCCC(=O)OCC(COC(=O)CCCCCCCC=CCCCCCCCC)NC(=O)OCCN1CCCCC1. The zero-order valence-electron chi connectivity index (χ0n) is 35.9. The fourth-order valence-corrected chi connectivity index (χ4v) is 7.00. The van der Waals surface area contributed by atoms with Crippen molar-refractivity contribution in [3.05, 3.63) is 24.3 Å². The zero-order valence-corrected chi connectivity index (χ0v) is 35.9. The Morgan fingerprint density at radius 2 is 0.891 bits per heavy atom. The molecule has 1 saturated heterocycles. The molecule has 1 amide bonds. The molecular formula is C47H86N2O6. The second-order valence-electron chi connectivity index (χ2n) is 15.9. The van der Waals surface area contributed by atoms with Crippen LogP contribution >= 0.6 is 0 Å². The fraction of sp³-hybridized carbons (Fsp3) is 0.851. The van der Waals surface area contributed by atoms with Crippen LogP contribution < -0.4 is 5.32 Å². The van der Waals surface area contributed by atoms with Gasteiger partial charge in [-0.2, -0.15) is 0 Å². The molecule has 0 spiro atoms. The number of esters is 2. The highest BCUT2D eigenvalue weighted by atomic mass is 16.6. The minimum absolute atomic E-state index is 0.0498. The molecular weight excluding hydrogens is 689 g/mol. The van der Waals surface area contributed by atoms with Gasteiger partial charge in [0.15, 0.2) is 0 Å². The molecule has 0 aromatic rings. The predicted molar refractivity (Wildman–Crippen MR) is 229 cm³/mol. The summed E-state index contributed by atoms with van der Waals surface area (Å²) in [4.78, 5) is 40.0. The number of ether oxygens (including phenoxy) is 3. The molecule has 1 fully saturated rings. The van der Waals surface area contributed by atoms with Crippen molar-refractivity contribution >= 4 is 18.0 Å². The highest BCUT2D eigenvalue weighted by molar-refractivity contribution is 5.70. The third-order valence-electron chi connectivity index (χ3n) is 10.6. The van der Waals surface area contributed by atoms with Gasteiger partial charge in [0.05, 0.1) is 0 Å². The third-order valence-corrected chi connectivity index (χ3v) is 10.6. The third kappa shape index (κ3) is 35.8. The summed E-state index contributed by atoms with van der Waals surface area (Å²) in [6, 6.07) is -0.654. The molecule has 0 aliphatic carbocycles. The molecule has 1 rings (SSSR count). The number of rotatable bonds is 38. The van der Waals surface area contributed by atoms with Crippen LogP contribution in [0.15, 0.2) is 24.3 Å². The first kappa shape index (κ1) is 50.7. The van der Waals surface area contributed by atoms with E-state index in [1.54, 1.807) is 0 Å². The number of amides is 1. The number of alkyl carbamates (subject to hydrolysis) is 1. The Labute approximate surface area is 338 Å². The number of carbonyl (C=O) groups is 3. The van der Waals surface area contributed by atoms with Crippen molar-refractivity contribution in [2.75, 3.05) is 39.5 Å². The van der Waals surface area contributed by atoms with Gasteiger partial charge in [-0.1, -0.05) is 147 Å². The first-order valence-electron chi connectivity index (χ1n) is 23.3. The largest absolute Gasteiger partial charge is 0.463 e. The molecule has 0 saturated carbocycles. The summed E-state index contributed by atoms with van der Waals surface area (Å²) in [7, 11) is 0. The van der Waals surface area contributed by atoms with Crippen LogP contribution in [0.25, 0.3) is 0 Å². The first-order chi connectivity index (χ1) is 27.0. The topological polar surface area (TPSA) is 94.2 Å². The maximum Gasteiger partial charge on any atom is 0.407 e. The van der Waals surface area contributed by atoms with Crippen molar-refractivity contribution in [3.63, 3.8) is 0 Å². The minimum Gasteiger partial charge on any atom is -0.463 e. The molecule has 0 bridgehead atoms. The number of unbranched alkanes of at least 4 members (excludes halogenated alkanes) is 22. The lowest BCUT2D eigenvalue weighted by atomic mass is 10.1. The van der Waals surface area contributed by atoms with Crippen LogP contribution in [0.4, 0.5) is 4.79 Å². The summed E-state index contributed by atoms with van der Waals surface area (Å²) in [5.41, 5.74) is 0. The van der Waals surface area contributed by atoms with Gasteiger partial charge in [-0.15, -0.1) is 0 Å². The summed E-state index contributed by atoms with van der Waals surface area (Å²) in [5, 5.41) is 2.76. The van der Waals surface area contributed by atoms with Crippen LogP contribution in [0, 0.1) is 0 Å². The van der Waals surface area contributed by atoms with Gasteiger partial charge >= 0.3 is 18.0 Å². The molecule has 1 N–H and O–H groups in total. The van der Waals surface area contributed by atoms with Crippen LogP contribution in [0.5, 0.6) is 0 Å². The van der Waals surface area contributed by atoms with Gasteiger partial charge in [-0.25, -0.2) is 4.79 Å². The van der Waals surface area contributed by atoms with E-state index < -0.39 is 12.1 Å². The Balaban J connectivity index is 2.23. The molecule has 1 aliphatic heterocycles. The number of carbonyl (C=O) groups excluding carboxylic acids is 3. The molecule has 1 aliphatic rings. The average Bonchev–Trinajstić information content (AvgIpc) is 3.19. The van der Waals surface area contributed by atoms with Gasteiger partial charge in [0, 0.05) is 19.4 Å². The normalized spacial score (nSPS) is 14.1. The number of hydrogen-bond donors (Lipinski definition) is 1. The Morgan fingerprint density at radius 3 is 1.31 bits per heavy atom. The maximum atomic E-state index is 12.6. The van der Waals surface area contributed by atoms with Gasteiger partial charge < -0.3 is 19.5 Å². The second-order valence-corrected chi connectivity index (χ2v) is 15.9. The number of likely N-dealkylation sites (tertiary alicyclic amines) is 1. The summed E-state index contributed by atoms with van der Waals surface area (Å²) >= 11 is 0. The summed E-state index contributed by atoms with van der Waals surface area (Å²) < 4.78 is 16.5. The van der Waals surface area contributed by atoms with Gasteiger partial charge in [0.25, 0.3) is 0 Å². The Kier molecular flexibility index (Phi) is 36.7. The Hall–Kier alpha value is -2.35. The lowest BCUT2D eigenvalue weighted by molar-refractivity contribution is -0.147. The van der Waals surface area contributed by atoms with Crippen molar-refractivity contribution in [3.8, 4) is 0 Å². The van der Waals surface area contributed by atoms with Crippen LogP contribution in [-0.2, 0) is 23.8 Å². The van der Waals surface area contributed by atoms with Crippen molar-refractivity contribution in [2.45, 2.75) is 219 Å². The molecule has 0 aromatic carbocycles. The van der Waals surface area contributed by atoms with E-state index in [0.29, 0.717) is 26.0 Å². The van der Waals surface area contributed by atoms with Crippen LogP contribution in [0.3, 0.4) is 0 Å². The smallest absolute Gasteiger partial charge is 0.407 e. The van der Waals surface area contributed by atoms with Crippen LogP contribution in [0.2, 0.25) is 0 Å². The average molecular weight is 775 g/mol. The quantitative estimate of drug-likeness (QED) is 0.0289. The maximum absolute atomic E-state index is 12.6. The summed E-state index contributed by atoms with van der Waals surface area (Å²) in [6.45, 7) is 7.49. The van der Waals surface area contributed by atoms with Crippen LogP contribution in [-0.4, -0.2) is 68.4 Å². The number of piperidine rings is 1. The molecule has 0 aromatic heterocycles. The van der Waals surface area contributed by atoms with Crippen molar-refractivity contribution in [1.82, 2.24) is 10.2 Å². The minimum atomic E-state index is -0.654. The standard InChI is InChI=1S/C47H86N2O6/c1-3-5-7-9-11-13-15-17-19-21-23-25-27-29-32-36-45(50)54-42-44(48-47(52)53-41-40-49-38-34-31-35-39-49)43-55-46(51)37-33-30-28-26-24-22-20-18-16-14-12-10-8-6-4-2/h17-20,44H,3-16,21-43H2,1-2H3,(H,48,52). The highest BCUT2D eigenvalue weighted by Crippen LogP contribution is 2.13. The van der Waals surface area contributed by atoms with E-state index in [4.69, 9.17) is 14.2 Å². The predicted octanol–water partition coefficient (Wildman–Crippen LogP) is 12.7. The van der Waals surface area contributed by atoms with Crippen molar-refractivity contribution in [2.24, 2.45) is 0 Å². The number of nitrogens with one attached hydrogen (secondary N) is 1. The lowest BCUT2D eigenvalue weighted by Crippen LogP contribution is -2.43. The monoisotopic (exact) mass is 775 g/mol. The number of allylic oxidation sites excluding steroid dienone is 4. The van der Waals surface area contributed by atoms with E-state index in [1.807, 2.05) is 0 Å². The summed E-state index contributed by atoms with van der Waals surface area (Å²) in [5.74, 6) is -0.579.